The monoisotopic (exact) mass is 286 g/mol. The SMILES string of the molecule is CC1C(C(=O)O)CC2C(C)C(C(=O)O)CC(O)C2C1O. The van der Waals surface area contributed by atoms with Crippen LogP contribution in [0.3, 0.4) is 0 Å². The van der Waals surface area contributed by atoms with Crippen molar-refractivity contribution < 1.29 is 30.0 Å². The van der Waals surface area contributed by atoms with E-state index in [0.717, 1.165) is 0 Å². The fraction of sp³-hybridized carbons (Fsp3) is 0.857. The topological polar surface area (TPSA) is 115 Å². The fourth-order valence-corrected chi connectivity index (χ4v) is 4.17. The molecule has 0 aromatic rings. The van der Waals surface area contributed by atoms with Gasteiger partial charge in [-0.1, -0.05) is 13.8 Å². The average molecular weight is 286 g/mol. The van der Waals surface area contributed by atoms with Crippen LogP contribution in [0, 0.1) is 35.5 Å². The van der Waals surface area contributed by atoms with Crippen LogP contribution < -0.4 is 0 Å². The van der Waals surface area contributed by atoms with Crippen LogP contribution in [0.4, 0.5) is 0 Å². The molecule has 0 bridgehead atoms. The average Bonchev–Trinajstić information content (AvgIpc) is 2.36. The highest BCUT2D eigenvalue weighted by Gasteiger charge is 2.54. The molecule has 0 heterocycles. The number of aliphatic hydroxyl groups excluding tert-OH is 2. The molecule has 6 nitrogen and oxygen atoms in total. The lowest BCUT2D eigenvalue weighted by molar-refractivity contribution is -0.173. The first kappa shape index (κ1) is 15.3. The van der Waals surface area contributed by atoms with E-state index in [9.17, 15) is 30.0 Å². The highest BCUT2D eigenvalue weighted by atomic mass is 16.4. The molecule has 2 fully saturated rings. The Morgan fingerprint density at radius 3 is 1.90 bits per heavy atom. The first-order chi connectivity index (χ1) is 9.25. The number of carbonyl (C=O) groups is 2. The Balaban J connectivity index is 2.30. The molecule has 2 rings (SSSR count). The van der Waals surface area contributed by atoms with Crippen molar-refractivity contribution in [3.8, 4) is 0 Å². The summed E-state index contributed by atoms with van der Waals surface area (Å²) in [4.78, 5) is 22.6. The molecule has 2 saturated carbocycles. The molecule has 4 N–H and O–H groups in total. The van der Waals surface area contributed by atoms with Crippen LogP contribution in [0.1, 0.15) is 26.7 Å². The number of aliphatic carboxylic acids is 2. The number of carboxylic acids is 2. The van der Waals surface area contributed by atoms with Crippen LogP contribution in [-0.4, -0.2) is 44.6 Å². The number of rotatable bonds is 2. The van der Waals surface area contributed by atoms with Gasteiger partial charge in [-0.15, -0.1) is 0 Å². The Morgan fingerprint density at radius 2 is 1.40 bits per heavy atom. The molecule has 8 unspecified atom stereocenters. The highest BCUT2D eigenvalue weighted by molar-refractivity contribution is 5.72. The molecule has 2 aliphatic carbocycles. The van der Waals surface area contributed by atoms with Gasteiger partial charge in [-0.25, -0.2) is 0 Å². The van der Waals surface area contributed by atoms with Gasteiger partial charge in [0.15, 0.2) is 0 Å². The van der Waals surface area contributed by atoms with Crippen LogP contribution >= 0.6 is 0 Å². The number of aliphatic hydroxyl groups is 2. The van der Waals surface area contributed by atoms with Gasteiger partial charge in [-0.3, -0.25) is 9.59 Å². The minimum absolute atomic E-state index is 0.124. The molecule has 0 aromatic heterocycles. The van der Waals surface area contributed by atoms with Crippen molar-refractivity contribution >= 4 is 11.9 Å². The van der Waals surface area contributed by atoms with Gasteiger partial charge in [0.25, 0.3) is 0 Å². The van der Waals surface area contributed by atoms with E-state index in [-0.39, 0.29) is 18.3 Å². The number of carboxylic acid groups (broad SMARTS) is 2. The fourth-order valence-electron chi connectivity index (χ4n) is 4.17. The third-order valence-electron chi connectivity index (χ3n) is 5.47. The molecule has 2 aliphatic rings. The molecule has 20 heavy (non-hydrogen) atoms. The molecule has 8 atom stereocenters. The molecule has 0 amide bonds. The summed E-state index contributed by atoms with van der Waals surface area (Å²) in [5.41, 5.74) is 0. The summed E-state index contributed by atoms with van der Waals surface area (Å²) in [5, 5.41) is 39.0. The lowest BCUT2D eigenvalue weighted by atomic mass is 9.55. The maximum absolute atomic E-state index is 11.3. The third kappa shape index (κ3) is 2.31. The van der Waals surface area contributed by atoms with Crippen LogP contribution in [-0.2, 0) is 9.59 Å². The predicted octanol–water partition coefficient (Wildman–Crippen LogP) is 0.422. The Hall–Kier alpha value is -1.14. The Morgan fingerprint density at radius 1 is 0.900 bits per heavy atom. The smallest absolute Gasteiger partial charge is 0.306 e. The van der Waals surface area contributed by atoms with Gasteiger partial charge in [-0.05, 0) is 30.6 Å². The first-order valence-electron chi connectivity index (χ1n) is 7.07. The maximum atomic E-state index is 11.3. The van der Waals surface area contributed by atoms with E-state index in [1.807, 2.05) is 0 Å². The second-order valence-corrected chi connectivity index (χ2v) is 6.38. The van der Waals surface area contributed by atoms with Crippen LogP contribution in [0.25, 0.3) is 0 Å². The number of hydrogen-bond donors (Lipinski definition) is 4. The van der Waals surface area contributed by atoms with Crippen LogP contribution in [0.2, 0.25) is 0 Å². The summed E-state index contributed by atoms with van der Waals surface area (Å²) in [5.74, 6) is -4.67. The van der Waals surface area contributed by atoms with Gasteiger partial charge in [0, 0.05) is 5.92 Å². The summed E-state index contributed by atoms with van der Waals surface area (Å²) in [7, 11) is 0. The molecule has 0 aliphatic heterocycles. The number of hydrogen-bond acceptors (Lipinski definition) is 4. The maximum Gasteiger partial charge on any atom is 0.306 e. The zero-order chi connectivity index (χ0) is 15.2. The molecule has 0 spiro atoms. The lowest BCUT2D eigenvalue weighted by Crippen LogP contribution is -2.56. The van der Waals surface area contributed by atoms with Gasteiger partial charge in [0.05, 0.1) is 24.0 Å². The summed E-state index contributed by atoms with van der Waals surface area (Å²) >= 11 is 0. The summed E-state index contributed by atoms with van der Waals surface area (Å²) in [6.45, 7) is 3.46. The minimum Gasteiger partial charge on any atom is -0.481 e. The Bertz CT molecular complexity index is 408. The van der Waals surface area contributed by atoms with E-state index in [1.54, 1.807) is 13.8 Å². The molecular weight excluding hydrogens is 264 g/mol. The molecular formula is C14H22O6. The van der Waals surface area contributed by atoms with Crippen molar-refractivity contribution in [1.82, 2.24) is 0 Å². The van der Waals surface area contributed by atoms with Crippen LogP contribution in [0.15, 0.2) is 0 Å². The largest absolute Gasteiger partial charge is 0.481 e. The summed E-state index contributed by atoms with van der Waals surface area (Å²) in [6.07, 6.45) is -1.34. The van der Waals surface area contributed by atoms with Gasteiger partial charge in [0.1, 0.15) is 0 Å². The van der Waals surface area contributed by atoms with Crippen LogP contribution in [0.5, 0.6) is 0 Å². The lowest BCUT2D eigenvalue weighted by Gasteiger charge is -2.51. The highest BCUT2D eigenvalue weighted by Crippen LogP contribution is 2.49. The van der Waals surface area contributed by atoms with Gasteiger partial charge in [-0.2, -0.15) is 0 Å². The quantitative estimate of drug-likeness (QED) is 0.585. The summed E-state index contributed by atoms with van der Waals surface area (Å²) < 4.78 is 0. The van der Waals surface area contributed by atoms with Crippen molar-refractivity contribution in [2.75, 3.05) is 0 Å². The van der Waals surface area contributed by atoms with E-state index in [1.165, 1.54) is 0 Å². The van der Waals surface area contributed by atoms with E-state index in [2.05, 4.69) is 0 Å². The van der Waals surface area contributed by atoms with E-state index in [4.69, 9.17) is 0 Å². The molecule has 0 saturated heterocycles. The normalized spacial score (nSPS) is 48.4. The van der Waals surface area contributed by atoms with Crippen molar-refractivity contribution in [3.63, 3.8) is 0 Å². The zero-order valence-electron chi connectivity index (χ0n) is 11.6. The minimum atomic E-state index is -0.964. The second kappa shape index (κ2) is 5.33. The number of fused-ring (bicyclic) bond motifs is 1. The van der Waals surface area contributed by atoms with Crippen molar-refractivity contribution in [2.24, 2.45) is 35.5 Å². The standard InChI is InChI=1S/C14H22O6/c1-5-7-3-8(13(17)18)6(2)12(16)11(7)10(15)4-9(5)14(19)20/h5-12,15-16H,3-4H2,1-2H3,(H,17,18)(H,19,20). The molecule has 6 heteroatoms. The molecule has 0 radical (unpaired) electrons. The first-order valence-corrected chi connectivity index (χ1v) is 7.07. The van der Waals surface area contributed by atoms with Crippen molar-refractivity contribution in [3.05, 3.63) is 0 Å². The Kier molecular flexibility index (Phi) is 4.07. The van der Waals surface area contributed by atoms with Gasteiger partial charge < -0.3 is 20.4 Å². The molecule has 114 valence electrons. The van der Waals surface area contributed by atoms with Crippen molar-refractivity contribution in [1.29, 1.82) is 0 Å². The second-order valence-electron chi connectivity index (χ2n) is 6.38. The van der Waals surface area contributed by atoms with Gasteiger partial charge in [0.2, 0.25) is 0 Å². The third-order valence-corrected chi connectivity index (χ3v) is 5.47. The van der Waals surface area contributed by atoms with E-state index < -0.39 is 47.8 Å². The van der Waals surface area contributed by atoms with Crippen molar-refractivity contribution in [2.45, 2.75) is 38.9 Å². The zero-order valence-corrected chi connectivity index (χ0v) is 11.6. The Labute approximate surface area is 117 Å². The predicted molar refractivity (Wildman–Crippen MR) is 68.8 cm³/mol. The summed E-state index contributed by atoms with van der Waals surface area (Å²) in [6, 6.07) is 0. The van der Waals surface area contributed by atoms with Gasteiger partial charge >= 0.3 is 11.9 Å². The van der Waals surface area contributed by atoms with E-state index in [0.29, 0.717) is 6.42 Å². The van der Waals surface area contributed by atoms with E-state index >= 15 is 0 Å². The molecule has 0 aromatic carbocycles.